The monoisotopic (exact) mass is 378 g/mol. The number of carbonyl (C=O) groups excluding carboxylic acids is 1. The van der Waals surface area contributed by atoms with E-state index in [4.69, 9.17) is 27.9 Å². The summed E-state index contributed by atoms with van der Waals surface area (Å²) in [5.41, 5.74) is 3.31. The number of hydrogen-bond donors (Lipinski definition) is 0. The molecular formula is C19H20Cl2N2O2. The number of amides is 1. The molecule has 0 aliphatic heterocycles. The van der Waals surface area contributed by atoms with Crippen molar-refractivity contribution in [3.8, 4) is 5.75 Å². The van der Waals surface area contributed by atoms with Crippen LogP contribution in [0.5, 0.6) is 5.75 Å². The van der Waals surface area contributed by atoms with Crippen LogP contribution in [0.4, 0.5) is 0 Å². The molecule has 0 aliphatic carbocycles. The minimum atomic E-state index is -0.170. The lowest BCUT2D eigenvalue weighted by Crippen LogP contribution is -2.25. The number of pyridine rings is 1. The summed E-state index contributed by atoms with van der Waals surface area (Å²) in [4.78, 5) is 18.4. The van der Waals surface area contributed by atoms with Crippen LogP contribution in [-0.4, -0.2) is 29.9 Å². The second-order valence-corrected chi connectivity index (χ2v) is 6.52. The number of nitrogens with zero attached hydrogens (tertiary/aromatic N) is 2. The first-order chi connectivity index (χ1) is 11.8. The normalized spacial score (nSPS) is 11.0. The van der Waals surface area contributed by atoms with E-state index in [1.807, 2.05) is 13.8 Å². The Labute approximate surface area is 158 Å². The van der Waals surface area contributed by atoms with Crippen molar-refractivity contribution in [1.29, 1.82) is 0 Å². The SMILES string of the molecule is COc1c(C)cnc(CN(C)C(=O)/C=C/c2c(Cl)cccc2Cl)c1C. The molecule has 25 heavy (non-hydrogen) atoms. The third kappa shape index (κ3) is 4.53. The summed E-state index contributed by atoms with van der Waals surface area (Å²) in [6, 6.07) is 5.22. The van der Waals surface area contributed by atoms with Crippen LogP contribution in [0.15, 0.2) is 30.5 Å². The van der Waals surface area contributed by atoms with Crippen LogP contribution in [0.2, 0.25) is 10.0 Å². The Morgan fingerprint density at radius 3 is 2.52 bits per heavy atom. The molecule has 0 N–H and O–H groups in total. The van der Waals surface area contributed by atoms with Crippen LogP contribution >= 0.6 is 23.2 Å². The second-order valence-electron chi connectivity index (χ2n) is 5.71. The molecule has 6 heteroatoms. The third-order valence-electron chi connectivity index (χ3n) is 3.91. The molecule has 0 radical (unpaired) electrons. The van der Waals surface area contributed by atoms with Crippen LogP contribution in [0.1, 0.15) is 22.4 Å². The Balaban J connectivity index is 2.15. The van der Waals surface area contributed by atoms with Gasteiger partial charge in [0.25, 0.3) is 0 Å². The number of rotatable bonds is 5. The molecule has 0 spiro atoms. The van der Waals surface area contributed by atoms with Gasteiger partial charge in [0.05, 0.1) is 19.3 Å². The number of likely N-dealkylation sites (N-methyl/N-ethyl adjacent to an activating group) is 1. The van der Waals surface area contributed by atoms with Gasteiger partial charge in [0.2, 0.25) is 5.91 Å². The molecule has 2 aromatic rings. The minimum absolute atomic E-state index is 0.170. The van der Waals surface area contributed by atoms with Gasteiger partial charge in [-0.2, -0.15) is 0 Å². The van der Waals surface area contributed by atoms with Crippen molar-refractivity contribution in [1.82, 2.24) is 9.88 Å². The summed E-state index contributed by atoms with van der Waals surface area (Å²) >= 11 is 12.2. The molecular weight excluding hydrogens is 359 g/mol. The van der Waals surface area contributed by atoms with Crippen LogP contribution in [0.3, 0.4) is 0 Å². The zero-order chi connectivity index (χ0) is 18.6. The number of methoxy groups -OCH3 is 1. The summed E-state index contributed by atoms with van der Waals surface area (Å²) in [6.07, 6.45) is 4.83. The molecule has 132 valence electrons. The zero-order valence-corrected chi connectivity index (χ0v) is 16.1. The van der Waals surface area contributed by atoms with Crippen molar-refractivity contribution in [2.45, 2.75) is 20.4 Å². The van der Waals surface area contributed by atoms with E-state index in [1.54, 1.807) is 49.5 Å². The van der Waals surface area contributed by atoms with Crippen LogP contribution in [0.25, 0.3) is 6.08 Å². The summed E-state index contributed by atoms with van der Waals surface area (Å²) in [5, 5.41) is 1.000. The number of aromatic nitrogens is 1. The van der Waals surface area contributed by atoms with E-state index >= 15 is 0 Å². The Hall–Kier alpha value is -2.04. The third-order valence-corrected chi connectivity index (χ3v) is 4.56. The summed E-state index contributed by atoms with van der Waals surface area (Å²) in [7, 11) is 3.35. The van der Waals surface area contributed by atoms with Crippen molar-refractivity contribution in [2.24, 2.45) is 0 Å². The van der Waals surface area contributed by atoms with E-state index in [9.17, 15) is 4.79 Å². The van der Waals surface area contributed by atoms with E-state index in [2.05, 4.69) is 4.98 Å². The fraction of sp³-hybridized carbons (Fsp3) is 0.263. The molecule has 0 atom stereocenters. The van der Waals surface area contributed by atoms with E-state index in [-0.39, 0.29) is 5.91 Å². The van der Waals surface area contributed by atoms with E-state index in [0.29, 0.717) is 22.2 Å². The van der Waals surface area contributed by atoms with Gasteiger partial charge in [0.1, 0.15) is 5.75 Å². The highest BCUT2D eigenvalue weighted by Gasteiger charge is 2.13. The molecule has 4 nitrogen and oxygen atoms in total. The molecule has 0 unspecified atom stereocenters. The van der Waals surface area contributed by atoms with Crippen LogP contribution < -0.4 is 4.74 Å². The van der Waals surface area contributed by atoms with Crippen molar-refractivity contribution in [2.75, 3.05) is 14.2 Å². The van der Waals surface area contributed by atoms with Gasteiger partial charge < -0.3 is 9.64 Å². The second kappa shape index (κ2) is 8.37. The van der Waals surface area contributed by atoms with Crippen molar-refractivity contribution >= 4 is 35.2 Å². The Morgan fingerprint density at radius 2 is 1.92 bits per heavy atom. The maximum absolute atomic E-state index is 12.4. The molecule has 2 rings (SSSR count). The fourth-order valence-electron chi connectivity index (χ4n) is 2.48. The predicted molar refractivity (Wildman–Crippen MR) is 102 cm³/mol. The lowest BCUT2D eigenvalue weighted by atomic mass is 10.1. The highest BCUT2D eigenvalue weighted by molar-refractivity contribution is 6.37. The first-order valence-electron chi connectivity index (χ1n) is 7.71. The molecule has 1 amide bonds. The van der Waals surface area contributed by atoms with Gasteiger partial charge in [-0.3, -0.25) is 9.78 Å². The largest absolute Gasteiger partial charge is 0.496 e. The van der Waals surface area contributed by atoms with Crippen molar-refractivity contribution in [3.05, 3.63) is 62.9 Å². The average molecular weight is 379 g/mol. The number of halogens is 2. The lowest BCUT2D eigenvalue weighted by Gasteiger charge is -2.18. The zero-order valence-electron chi connectivity index (χ0n) is 14.6. The minimum Gasteiger partial charge on any atom is -0.496 e. The first kappa shape index (κ1) is 19.3. The summed E-state index contributed by atoms with van der Waals surface area (Å²) < 4.78 is 5.40. The van der Waals surface area contributed by atoms with Gasteiger partial charge in [-0.25, -0.2) is 0 Å². The quantitative estimate of drug-likeness (QED) is 0.708. The summed E-state index contributed by atoms with van der Waals surface area (Å²) in [6.45, 7) is 4.25. The van der Waals surface area contributed by atoms with Crippen LogP contribution in [-0.2, 0) is 11.3 Å². The average Bonchev–Trinajstić information content (AvgIpc) is 2.57. The maximum atomic E-state index is 12.4. The Kier molecular flexibility index (Phi) is 6.45. The van der Waals surface area contributed by atoms with E-state index in [0.717, 1.165) is 22.6 Å². The molecule has 0 bridgehead atoms. The van der Waals surface area contributed by atoms with Crippen LogP contribution in [0, 0.1) is 13.8 Å². The molecule has 1 aromatic carbocycles. The lowest BCUT2D eigenvalue weighted by molar-refractivity contribution is -0.125. The summed E-state index contributed by atoms with van der Waals surface area (Å²) in [5.74, 6) is 0.626. The molecule has 1 aromatic heterocycles. The van der Waals surface area contributed by atoms with Gasteiger partial charge in [0.15, 0.2) is 0 Å². The molecule has 0 fully saturated rings. The topological polar surface area (TPSA) is 42.4 Å². The Morgan fingerprint density at radius 1 is 1.28 bits per heavy atom. The van der Waals surface area contributed by atoms with E-state index < -0.39 is 0 Å². The van der Waals surface area contributed by atoms with Gasteiger partial charge in [-0.1, -0.05) is 29.3 Å². The standard InChI is InChI=1S/C19H20Cl2N2O2/c1-12-10-22-17(13(2)19(12)25-4)11-23(3)18(24)9-8-14-15(20)6-5-7-16(14)21/h5-10H,11H2,1-4H3/b9-8+. The van der Waals surface area contributed by atoms with Crippen molar-refractivity contribution < 1.29 is 9.53 Å². The molecule has 0 saturated carbocycles. The first-order valence-corrected chi connectivity index (χ1v) is 8.47. The maximum Gasteiger partial charge on any atom is 0.246 e. The predicted octanol–water partition coefficient (Wildman–Crippen LogP) is 4.69. The van der Waals surface area contributed by atoms with Gasteiger partial charge in [0, 0.05) is 46.1 Å². The number of ether oxygens (including phenoxy) is 1. The molecule has 0 aliphatic rings. The number of benzene rings is 1. The number of hydrogen-bond acceptors (Lipinski definition) is 3. The smallest absolute Gasteiger partial charge is 0.246 e. The molecule has 0 saturated heterocycles. The number of aryl methyl sites for hydroxylation is 1. The molecule has 1 heterocycles. The highest BCUT2D eigenvalue weighted by atomic mass is 35.5. The Bertz CT molecular complexity index is 799. The number of carbonyl (C=O) groups is 1. The highest BCUT2D eigenvalue weighted by Crippen LogP contribution is 2.26. The van der Waals surface area contributed by atoms with Gasteiger partial charge in [-0.05, 0) is 32.1 Å². The van der Waals surface area contributed by atoms with Crippen molar-refractivity contribution in [3.63, 3.8) is 0 Å². The van der Waals surface area contributed by atoms with Gasteiger partial charge in [-0.15, -0.1) is 0 Å². The fourth-order valence-corrected chi connectivity index (χ4v) is 3.01. The van der Waals surface area contributed by atoms with E-state index in [1.165, 1.54) is 6.08 Å². The van der Waals surface area contributed by atoms with Gasteiger partial charge >= 0.3 is 0 Å².